The zero-order valence-corrected chi connectivity index (χ0v) is 8.08. The number of hydrogen-bond acceptors (Lipinski definition) is 4. The second-order valence-electron chi connectivity index (χ2n) is 3.02. The van der Waals surface area contributed by atoms with Crippen LogP contribution in [0.15, 0.2) is 24.3 Å². The minimum absolute atomic E-state index is 0.0116. The van der Waals surface area contributed by atoms with E-state index in [0.29, 0.717) is 5.69 Å². The standard InChI is InChI=1S/C9H10N2O4/c1-10(6-9(12)13)7-2-4-8(5-3-7)11(14)15/h2-5H,6H2,1H3,(H,12,13). The molecule has 6 nitrogen and oxygen atoms in total. The molecule has 0 amide bonds. The molecule has 0 atom stereocenters. The van der Waals surface area contributed by atoms with Crippen LogP contribution in [-0.4, -0.2) is 29.6 Å². The van der Waals surface area contributed by atoms with Gasteiger partial charge in [0.05, 0.1) is 4.92 Å². The largest absolute Gasteiger partial charge is 0.480 e. The van der Waals surface area contributed by atoms with Crippen LogP contribution in [0.25, 0.3) is 0 Å². The second-order valence-corrected chi connectivity index (χ2v) is 3.02. The molecule has 0 aliphatic rings. The summed E-state index contributed by atoms with van der Waals surface area (Å²) < 4.78 is 0. The van der Waals surface area contributed by atoms with Crippen molar-refractivity contribution < 1.29 is 14.8 Å². The molecule has 0 fully saturated rings. The average Bonchev–Trinajstić information content (AvgIpc) is 2.17. The van der Waals surface area contributed by atoms with Gasteiger partial charge < -0.3 is 10.0 Å². The van der Waals surface area contributed by atoms with E-state index in [2.05, 4.69) is 0 Å². The number of benzene rings is 1. The number of rotatable bonds is 4. The Morgan fingerprint density at radius 3 is 2.40 bits per heavy atom. The van der Waals surface area contributed by atoms with Crippen LogP contribution in [0.4, 0.5) is 11.4 Å². The first-order valence-corrected chi connectivity index (χ1v) is 4.18. The van der Waals surface area contributed by atoms with Crippen LogP contribution in [0, 0.1) is 10.1 Å². The van der Waals surface area contributed by atoms with E-state index in [1.807, 2.05) is 0 Å². The van der Waals surface area contributed by atoms with Gasteiger partial charge in [0.25, 0.3) is 5.69 Å². The van der Waals surface area contributed by atoms with Crippen molar-refractivity contribution in [2.24, 2.45) is 0 Å². The molecule has 0 radical (unpaired) electrons. The van der Waals surface area contributed by atoms with Crippen molar-refractivity contribution in [1.82, 2.24) is 0 Å². The average molecular weight is 210 g/mol. The Bertz CT molecular complexity index is 374. The summed E-state index contributed by atoms with van der Waals surface area (Å²) in [6.45, 7) is -0.141. The predicted octanol–water partition coefficient (Wildman–Crippen LogP) is 1.12. The minimum Gasteiger partial charge on any atom is -0.480 e. The Kier molecular flexibility index (Phi) is 3.22. The van der Waals surface area contributed by atoms with Gasteiger partial charge in [-0.05, 0) is 12.1 Å². The number of likely N-dealkylation sites (N-methyl/N-ethyl adjacent to an activating group) is 1. The molecule has 1 aromatic rings. The fourth-order valence-corrected chi connectivity index (χ4v) is 1.12. The maximum Gasteiger partial charge on any atom is 0.323 e. The Labute approximate surface area is 85.9 Å². The topological polar surface area (TPSA) is 83.7 Å². The number of hydrogen-bond donors (Lipinski definition) is 1. The third-order valence-corrected chi connectivity index (χ3v) is 1.87. The van der Waals surface area contributed by atoms with Gasteiger partial charge >= 0.3 is 5.97 Å². The molecule has 80 valence electrons. The van der Waals surface area contributed by atoms with Crippen molar-refractivity contribution in [1.29, 1.82) is 0 Å². The number of nitrogens with zero attached hydrogens (tertiary/aromatic N) is 2. The monoisotopic (exact) mass is 210 g/mol. The first kappa shape index (κ1) is 11.0. The lowest BCUT2D eigenvalue weighted by Gasteiger charge is -2.15. The van der Waals surface area contributed by atoms with Crippen molar-refractivity contribution >= 4 is 17.3 Å². The Morgan fingerprint density at radius 2 is 2.00 bits per heavy atom. The third-order valence-electron chi connectivity index (χ3n) is 1.87. The molecule has 1 N–H and O–H groups in total. The van der Waals surface area contributed by atoms with Gasteiger partial charge in [-0.1, -0.05) is 0 Å². The highest BCUT2D eigenvalue weighted by Gasteiger charge is 2.08. The van der Waals surface area contributed by atoms with Crippen molar-refractivity contribution in [2.75, 3.05) is 18.5 Å². The number of carbonyl (C=O) groups is 1. The number of carboxylic acid groups (broad SMARTS) is 1. The smallest absolute Gasteiger partial charge is 0.323 e. The fraction of sp³-hybridized carbons (Fsp3) is 0.222. The van der Waals surface area contributed by atoms with E-state index in [-0.39, 0.29) is 12.2 Å². The molecule has 0 aliphatic heterocycles. The van der Waals surface area contributed by atoms with E-state index in [9.17, 15) is 14.9 Å². The molecule has 0 aromatic heterocycles. The van der Waals surface area contributed by atoms with E-state index in [1.54, 1.807) is 7.05 Å². The van der Waals surface area contributed by atoms with E-state index in [0.717, 1.165) is 0 Å². The second kappa shape index (κ2) is 4.41. The molecule has 0 aliphatic carbocycles. The van der Waals surface area contributed by atoms with Crippen LogP contribution in [0.5, 0.6) is 0 Å². The number of nitro benzene ring substituents is 1. The lowest BCUT2D eigenvalue weighted by Crippen LogP contribution is -2.24. The van der Waals surface area contributed by atoms with Crippen molar-refractivity contribution in [3.8, 4) is 0 Å². The summed E-state index contributed by atoms with van der Waals surface area (Å²) in [4.78, 5) is 21.8. The summed E-state index contributed by atoms with van der Waals surface area (Å²) in [5.41, 5.74) is 0.616. The van der Waals surface area contributed by atoms with Crippen LogP contribution in [0.3, 0.4) is 0 Å². The van der Waals surface area contributed by atoms with Gasteiger partial charge in [-0.25, -0.2) is 0 Å². The summed E-state index contributed by atoms with van der Waals surface area (Å²) in [6.07, 6.45) is 0. The van der Waals surface area contributed by atoms with Gasteiger partial charge in [0, 0.05) is 24.9 Å². The molecule has 15 heavy (non-hydrogen) atoms. The third kappa shape index (κ3) is 2.94. The van der Waals surface area contributed by atoms with Crippen molar-refractivity contribution in [3.05, 3.63) is 34.4 Å². The number of anilines is 1. The molecule has 6 heteroatoms. The molecular weight excluding hydrogens is 200 g/mol. The van der Waals surface area contributed by atoms with Gasteiger partial charge in [-0.15, -0.1) is 0 Å². The zero-order chi connectivity index (χ0) is 11.4. The van der Waals surface area contributed by atoms with Crippen LogP contribution < -0.4 is 4.90 Å². The minimum atomic E-state index is -0.948. The highest BCUT2D eigenvalue weighted by Crippen LogP contribution is 2.17. The van der Waals surface area contributed by atoms with Crippen molar-refractivity contribution in [2.45, 2.75) is 0 Å². The first-order valence-electron chi connectivity index (χ1n) is 4.18. The lowest BCUT2D eigenvalue weighted by molar-refractivity contribution is -0.384. The Morgan fingerprint density at radius 1 is 1.47 bits per heavy atom. The highest BCUT2D eigenvalue weighted by atomic mass is 16.6. The van der Waals surface area contributed by atoms with Gasteiger partial charge in [-0.3, -0.25) is 14.9 Å². The molecular formula is C9H10N2O4. The predicted molar refractivity (Wildman–Crippen MR) is 54.0 cm³/mol. The summed E-state index contributed by atoms with van der Waals surface area (Å²) in [7, 11) is 1.61. The first-order chi connectivity index (χ1) is 7.00. The number of carboxylic acids is 1. The van der Waals surface area contributed by atoms with Gasteiger partial charge in [0.2, 0.25) is 0 Å². The fourth-order valence-electron chi connectivity index (χ4n) is 1.12. The van der Waals surface area contributed by atoms with Gasteiger partial charge in [0.1, 0.15) is 6.54 Å². The summed E-state index contributed by atoms with van der Waals surface area (Å²) in [6, 6.07) is 5.71. The normalized spacial score (nSPS) is 9.67. The number of aliphatic carboxylic acids is 1. The summed E-state index contributed by atoms with van der Waals surface area (Å²) in [5.74, 6) is -0.948. The lowest BCUT2D eigenvalue weighted by atomic mass is 10.2. The van der Waals surface area contributed by atoms with E-state index in [1.165, 1.54) is 29.2 Å². The van der Waals surface area contributed by atoms with E-state index < -0.39 is 10.9 Å². The highest BCUT2D eigenvalue weighted by molar-refractivity contribution is 5.73. The Balaban J connectivity index is 2.79. The maximum absolute atomic E-state index is 10.4. The molecule has 0 unspecified atom stereocenters. The van der Waals surface area contributed by atoms with E-state index in [4.69, 9.17) is 5.11 Å². The van der Waals surface area contributed by atoms with Gasteiger partial charge in [0.15, 0.2) is 0 Å². The van der Waals surface area contributed by atoms with Gasteiger partial charge in [-0.2, -0.15) is 0 Å². The molecule has 0 spiro atoms. The summed E-state index contributed by atoms with van der Waals surface area (Å²) in [5, 5.41) is 18.9. The van der Waals surface area contributed by atoms with Crippen LogP contribution >= 0.6 is 0 Å². The zero-order valence-electron chi connectivity index (χ0n) is 8.08. The number of non-ortho nitro benzene ring substituents is 1. The van der Waals surface area contributed by atoms with E-state index >= 15 is 0 Å². The van der Waals surface area contributed by atoms with Crippen LogP contribution in [0.1, 0.15) is 0 Å². The molecule has 1 aromatic carbocycles. The van der Waals surface area contributed by atoms with Crippen LogP contribution in [0.2, 0.25) is 0 Å². The SMILES string of the molecule is CN(CC(=O)O)c1ccc([N+](=O)[O-])cc1. The van der Waals surface area contributed by atoms with Crippen LogP contribution in [-0.2, 0) is 4.79 Å². The molecule has 0 saturated carbocycles. The molecule has 0 heterocycles. The maximum atomic E-state index is 10.4. The van der Waals surface area contributed by atoms with Crippen molar-refractivity contribution in [3.63, 3.8) is 0 Å². The molecule has 1 rings (SSSR count). The summed E-state index contributed by atoms with van der Waals surface area (Å²) >= 11 is 0. The molecule has 0 saturated heterocycles. The Hall–Kier alpha value is -2.11. The molecule has 0 bridgehead atoms. The number of nitro groups is 1. The quantitative estimate of drug-likeness (QED) is 0.594.